The number of pyridine rings is 1. The first kappa shape index (κ1) is 20.7. The summed E-state index contributed by atoms with van der Waals surface area (Å²) in [7, 11) is 0. The van der Waals surface area contributed by atoms with E-state index in [1.165, 1.54) is 35.0 Å². The topological polar surface area (TPSA) is 101 Å². The molecule has 1 saturated carbocycles. The number of nitrogens with one attached hydrogen (secondary N) is 1. The molecule has 32 heavy (non-hydrogen) atoms. The minimum atomic E-state index is -0.891. The third-order valence-electron chi connectivity index (χ3n) is 6.70. The molecule has 0 spiro atoms. The van der Waals surface area contributed by atoms with Gasteiger partial charge in [0.2, 0.25) is 5.43 Å². The highest BCUT2D eigenvalue weighted by Crippen LogP contribution is 2.38. The maximum atomic E-state index is 13.3. The molecule has 2 amide bonds. The lowest BCUT2D eigenvalue weighted by Crippen LogP contribution is -2.61. The number of ether oxygens (including phenoxy) is 1. The molecule has 2 aliphatic heterocycles. The van der Waals surface area contributed by atoms with Crippen molar-refractivity contribution in [3.05, 3.63) is 63.3 Å². The van der Waals surface area contributed by atoms with Crippen LogP contribution < -0.4 is 10.7 Å². The Hall–Kier alpha value is -3.20. The van der Waals surface area contributed by atoms with Gasteiger partial charge in [-0.1, -0.05) is 25.0 Å². The first-order valence-corrected chi connectivity index (χ1v) is 10.9. The number of benzene rings is 1. The van der Waals surface area contributed by atoms with Gasteiger partial charge in [-0.3, -0.25) is 14.4 Å². The number of carbonyl (C=O) groups is 2. The highest BCUT2D eigenvalue weighted by Gasteiger charge is 2.46. The number of nitrogens with zero attached hydrogens (tertiary/aromatic N) is 2. The smallest absolute Gasteiger partial charge is 0.276 e. The Kier molecular flexibility index (Phi) is 5.21. The third-order valence-corrected chi connectivity index (χ3v) is 6.70. The SMILES string of the molecule is O=C(NCc1ccc(F)cc1)c1cn2c(c(O)c1=O)C(=O)N1C(C2)OC[C@@H]2CCCC[C@H]21. The highest BCUT2D eigenvalue weighted by atomic mass is 19.1. The summed E-state index contributed by atoms with van der Waals surface area (Å²) in [6.45, 7) is 0.893. The minimum Gasteiger partial charge on any atom is -0.503 e. The quantitative estimate of drug-likeness (QED) is 0.759. The number of hydrogen-bond acceptors (Lipinski definition) is 5. The normalized spacial score (nSPS) is 24.3. The molecule has 2 N–H and O–H groups in total. The Morgan fingerprint density at radius 1 is 1.19 bits per heavy atom. The average molecular weight is 441 g/mol. The van der Waals surface area contributed by atoms with Gasteiger partial charge in [-0.25, -0.2) is 4.39 Å². The van der Waals surface area contributed by atoms with Gasteiger partial charge >= 0.3 is 0 Å². The van der Waals surface area contributed by atoms with Crippen LogP contribution in [0.2, 0.25) is 0 Å². The molecule has 3 heterocycles. The average Bonchev–Trinajstić information content (AvgIpc) is 2.80. The fraction of sp³-hybridized carbons (Fsp3) is 0.435. The largest absolute Gasteiger partial charge is 0.503 e. The second-order valence-corrected chi connectivity index (χ2v) is 8.64. The summed E-state index contributed by atoms with van der Waals surface area (Å²) in [5.41, 5.74) is -0.597. The first-order chi connectivity index (χ1) is 15.4. The molecule has 0 bridgehead atoms. The number of amides is 2. The van der Waals surface area contributed by atoms with Gasteiger partial charge in [-0.05, 0) is 30.5 Å². The van der Waals surface area contributed by atoms with Crippen molar-refractivity contribution in [1.29, 1.82) is 0 Å². The summed E-state index contributed by atoms with van der Waals surface area (Å²) < 4.78 is 20.4. The van der Waals surface area contributed by atoms with Crippen LogP contribution in [-0.4, -0.2) is 45.3 Å². The molecule has 1 aromatic heterocycles. The molecular weight excluding hydrogens is 417 g/mol. The molecule has 8 nitrogen and oxygen atoms in total. The zero-order chi connectivity index (χ0) is 22.4. The Morgan fingerprint density at radius 2 is 1.94 bits per heavy atom. The minimum absolute atomic E-state index is 0.0388. The van der Waals surface area contributed by atoms with Crippen molar-refractivity contribution in [3.63, 3.8) is 0 Å². The Bertz CT molecular complexity index is 1130. The summed E-state index contributed by atoms with van der Waals surface area (Å²) in [6.07, 6.45) is 4.83. The molecule has 1 aliphatic carbocycles. The zero-order valence-corrected chi connectivity index (χ0v) is 17.4. The number of hydrogen-bond donors (Lipinski definition) is 2. The number of aromatic nitrogens is 1. The van der Waals surface area contributed by atoms with Gasteiger partial charge in [-0.15, -0.1) is 0 Å². The van der Waals surface area contributed by atoms with E-state index >= 15 is 0 Å². The molecule has 2 aromatic rings. The summed E-state index contributed by atoms with van der Waals surface area (Å²) in [4.78, 5) is 40.4. The van der Waals surface area contributed by atoms with Gasteiger partial charge in [0.25, 0.3) is 11.8 Å². The molecule has 168 valence electrons. The second kappa shape index (κ2) is 8.05. The molecule has 5 rings (SSSR count). The number of aromatic hydroxyl groups is 1. The molecule has 3 aliphatic rings. The monoisotopic (exact) mass is 441 g/mol. The van der Waals surface area contributed by atoms with Crippen molar-refractivity contribution in [2.75, 3.05) is 6.61 Å². The van der Waals surface area contributed by atoms with Gasteiger partial charge in [0.1, 0.15) is 11.4 Å². The van der Waals surface area contributed by atoms with E-state index < -0.39 is 29.2 Å². The first-order valence-electron chi connectivity index (χ1n) is 10.9. The van der Waals surface area contributed by atoms with Crippen LogP contribution in [0.4, 0.5) is 4.39 Å². The molecule has 0 radical (unpaired) electrons. The lowest BCUT2D eigenvalue weighted by atomic mass is 9.82. The van der Waals surface area contributed by atoms with E-state index in [0.717, 1.165) is 25.7 Å². The van der Waals surface area contributed by atoms with Crippen LogP contribution in [0.15, 0.2) is 35.3 Å². The van der Waals surface area contributed by atoms with Crippen LogP contribution in [0.3, 0.4) is 0 Å². The molecule has 3 atom stereocenters. The van der Waals surface area contributed by atoms with Crippen LogP contribution in [-0.2, 0) is 17.8 Å². The maximum absolute atomic E-state index is 13.3. The van der Waals surface area contributed by atoms with Crippen LogP contribution in [0.5, 0.6) is 5.75 Å². The Labute approximate surface area is 183 Å². The van der Waals surface area contributed by atoms with Crippen molar-refractivity contribution < 1.29 is 23.8 Å². The van der Waals surface area contributed by atoms with E-state index in [1.807, 2.05) is 0 Å². The Morgan fingerprint density at radius 3 is 2.72 bits per heavy atom. The summed E-state index contributed by atoms with van der Waals surface area (Å²) in [6, 6.07) is 5.65. The number of rotatable bonds is 3. The van der Waals surface area contributed by atoms with Crippen LogP contribution in [0.1, 0.15) is 52.1 Å². The predicted molar refractivity (Wildman–Crippen MR) is 112 cm³/mol. The van der Waals surface area contributed by atoms with Crippen molar-refractivity contribution in [1.82, 2.24) is 14.8 Å². The molecule has 1 unspecified atom stereocenters. The van der Waals surface area contributed by atoms with Crippen molar-refractivity contribution in [3.8, 4) is 5.75 Å². The van der Waals surface area contributed by atoms with E-state index in [1.54, 1.807) is 4.90 Å². The van der Waals surface area contributed by atoms with E-state index in [-0.39, 0.29) is 42.1 Å². The van der Waals surface area contributed by atoms with E-state index in [2.05, 4.69) is 5.32 Å². The van der Waals surface area contributed by atoms with E-state index in [0.29, 0.717) is 12.2 Å². The summed E-state index contributed by atoms with van der Waals surface area (Å²) in [5.74, 6) is -1.97. The highest BCUT2D eigenvalue weighted by molar-refractivity contribution is 5.99. The molecule has 1 aromatic carbocycles. The molecule has 9 heteroatoms. The van der Waals surface area contributed by atoms with Crippen LogP contribution >= 0.6 is 0 Å². The van der Waals surface area contributed by atoms with E-state index in [9.17, 15) is 23.9 Å². The number of carbonyl (C=O) groups excluding carboxylic acids is 2. The fourth-order valence-corrected chi connectivity index (χ4v) is 5.05. The lowest BCUT2D eigenvalue weighted by molar-refractivity contribution is -0.149. The van der Waals surface area contributed by atoms with Crippen molar-refractivity contribution in [2.24, 2.45) is 5.92 Å². The van der Waals surface area contributed by atoms with E-state index in [4.69, 9.17) is 4.74 Å². The van der Waals surface area contributed by atoms with Crippen LogP contribution in [0.25, 0.3) is 0 Å². The lowest BCUT2D eigenvalue weighted by Gasteiger charge is -2.50. The zero-order valence-electron chi connectivity index (χ0n) is 17.4. The second-order valence-electron chi connectivity index (χ2n) is 8.64. The summed E-state index contributed by atoms with van der Waals surface area (Å²) in [5, 5.41) is 13.2. The Balaban J connectivity index is 1.42. The van der Waals surface area contributed by atoms with Gasteiger partial charge in [0.05, 0.1) is 13.2 Å². The van der Waals surface area contributed by atoms with Gasteiger partial charge in [0.15, 0.2) is 17.7 Å². The maximum Gasteiger partial charge on any atom is 0.276 e. The van der Waals surface area contributed by atoms with Gasteiger partial charge in [0, 0.05) is 24.7 Å². The number of fused-ring (bicyclic) bond motifs is 4. The van der Waals surface area contributed by atoms with Gasteiger partial charge in [-0.2, -0.15) is 0 Å². The summed E-state index contributed by atoms with van der Waals surface area (Å²) >= 11 is 0. The molecule has 2 fully saturated rings. The van der Waals surface area contributed by atoms with Crippen molar-refractivity contribution in [2.45, 2.75) is 51.0 Å². The molecular formula is C23H24FN3O5. The standard InChI is InChI=1S/C23H24FN3O5/c24-15-7-5-13(6-8-15)9-25-22(30)16-10-26-11-18-27(23(31)19(26)21(29)20(16)28)17-4-2-1-3-14(17)12-32-18/h5-8,10,14,17-18,29H,1-4,9,11-12H2,(H,25,30)/t14-,17+,18?/m0/s1. The third kappa shape index (κ3) is 3.46. The predicted octanol–water partition coefficient (Wildman–Crippen LogP) is 1.99. The van der Waals surface area contributed by atoms with Crippen molar-refractivity contribution >= 4 is 11.8 Å². The fourth-order valence-electron chi connectivity index (χ4n) is 5.05. The van der Waals surface area contributed by atoms with Gasteiger partial charge < -0.3 is 24.6 Å². The van der Waals surface area contributed by atoms with Crippen LogP contribution in [0, 0.1) is 11.7 Å². The molecule has 1 saturated heterocycles. The number of halogens is 1.